The van der Waals surface area contributed by atoms with Gasteiger partial charge in [0.05, 0.1) is 32.0 Å². The van der Waals surface area contributed by atoms with Gasteiger partial charge in [0.15, 0.2) is 11.3 Å². The summed E-state index contributed by atoms with van der Waals surface area (Å²) in [6.45, 7) is 0. The van der Waals surface area contributed by atoms with Gasteiger partial charge in [0, 0.05) is 6.07 Å². The standard InChI is InChI=1S/C19H14O7/c1-22-10-4-3-9(20)17-14(10)16(21)15-11(23-2)7-12-13(18(15)26-17)8-5-6-24-19(8)25-12/h3-8,19-20H,1-2H3/t8-,19+/m0/s1. The normalized spacial score (nSPS) is 19.9. The van der Waals surface area contributed by atoms with E-state index in [9.17, 15) is 9.90 Å². The maximum atomic E-state index is 13.3. The van der Waals surface area contributed by atoms with Crippen molar-refractivity contribution in [1.29, 1.82) is 0 Å². The maximum absolute atomic E-state index is 13.3. The van der Waals surface area contributed by atoms with Crippen molar-refractivity contribution in [2.24, 2.45) is 0 Å². The smallest absolute Gasteiger partial charge is 0.250 e. The Morgan fingerprint density at radius 1 is 1.08 bits per heavy atom. The van der Waals surface area contributed by atoms with Crippen molar-refractivity contribution in [2.75, 3.05) is 14.2 Å². The molecule has 0 aliphatic carbocycles. The Morgan fingerprint density at radius 2 is 1.85 bits per heavy atom. The number of ether oxygens (including phenoxy) is 4. The van der Waals surface area contributed by atoms with Crippen LogP contribution >= 0.6 is 0 Å². The van der Waals surface area contributed by atoms with Gasteiger partial charge in [-0.25, -0.2) is 0 Å². The molecule has 132 valence electrons. The number of fused-ring (bicyclic) bond motifs is 6. The fourth-order valence-corrected chi connectivity index (χ4v) is 3.63. The Morgan fingerprint density at radius 3 is 2.62 bits per heavy atom. The molecular weight excluding hydrogens is 340 g/mol. The second-order valence-electron chi connectivity index (χ2n) is 6.09. The molecule has 0 saturated carbocycles. The van der Waals surface area contributed by atoms with Gasteiger partial charge < -0.3 is 28.5 Å². The van der Waals surface area contributed by atoms with Crippen LogP contribution in [0.25, 0.3) is 21.9 Å². The highest BCUT2D eigenvalue weighted by atomic mass is 16.7. The summed E-state index contributed by atoms with van der Waals surface area (Å²) >= 11 is 0. The molecule has 0 spiro atoms. The summed E-state index contributed by atoms with van der Waals surface area (Å²) < 4.78 is 27.9. The minimum atomic E-state index is -0.500. The second kappa shape index (κ2) is 5.08. The van der Waals surface area contributed by atoms with Crippen LogP contribution in [0.4, 0.5) is 0 Å². The van der Waals surface area contributed by atoms with Gasteiger partial charge in [-0.05, 0) is 18.2 Å². The van der Waals surface area contributed by atoms with Gasteiger partial charge in [-0.3, -0.25) is 4.79 Å². The van der Waals surface area contributed by atoms with Crippen molar-refractivity contribution in [3.05, 3.63) is 46.3 Å². The molecule has 7 nitrogen and oxygen atoms in total. The molecule has 1 N–H and O–H groups in total. The number of hydrogen-bond acceptors (Lipinski definition) is 7. The van der Waals surface area contributed by atoms with Crippen molar-refractivity contribution in [1.82, 2.24) is 0 Å². The molecule has 3 heterocycles. The van der Waals surface area contributed by atoms with E-state index in [1.165, 1.54) is 26.4 Å². The molecule has 0 radical (unpaired) electrons. The van der Waals surface area contributed by atoms with Crippen LogP contribution in [0.1, 0.15) is 11.5 Å². The highest BCUT2D eigenvalue weighted by molar-refractivity contribution is 6.00. The van der Waals surface area contributed by atoms with Gasteiger partial charge in [-0.2, -0.15) is 0 Å². The van der Waals surface area contributed by atoms with Crippen molar-refractivity contribution >= 4 is 21.9 Å². The van der Waals surface area contributed by atoms with E-state index in [0.717, 1.165) is 0 Å². The molecule has 2 aromatic carbocycles. The Labute approximate surface area is 146 Å². The van der Waals surface area contributed by atoms with E-state index < -0.39 is 6.29 Å². The Balaban J connectivity index is 2.00. The van der Waals surface area contributed by atoms with Gasteiger partial charge in [-0.15, -0.1) is 0 Å². The summed E-state index contributed by atoms with van der Waals surface area (Å²) in [4.78, 5) is 13.3. The third-order valence-corrected chi connectivity index (χ3v) is 4.81. The summed E-state index contributed by atoms with van der Waals surface area (Å²) in [5.41, 5.74) is 0.715. The van der Waals surface area contributed by atoms with Gasteiger partial charge >= 0.3 is 0 Å². The summed E-state index contributed by atoms with van der Waals surface area (Å²) in [7, 11) is 2.92. The number of methoxy groups -OCH3 is 2. The van der Waals surface area contributed by atoms with Crippen LogP contribution in [-0.2, 0) is 4.74 Å². The fraction of sp³-hybridized carbons (Fsp3) is 0.211. The van der Waals surface area contributed by atoms with Crippen LogP contribution in [0.15, 0.2) is 39.7 Å². The molecular formula is C19H14O7. The lowest BCUT2D eigenvalue weighted by Crippen LogP contribution is -2.14. The lowest BCUT2D eigenvalue weighted by Gasteiger charge is -2.12. The predicted octanol–water partition coefficient (Wildman–Crippen LogP) is 3.02. The highest BCUT2D eigenvalue weighted by Crippen LogP contribution is 2.49. The summed E-state index contributed by atoms with van der Waals surface area (Å²) in [5.74, 6) is 0.813. The molecule has 1 aromatic heterocycles. The first-order chi connectivity index (χ1) is 12.6. The number of benzene rings is 2. The second-order valence-corrected chi connectivity index (χ2v) is 6.09. The molecule has 3 aromatic rings. The van der Waals surface area contributed by atoms with E-state index >= 15 is 0 Å². The molecule has 0 saturated heterocycles. The largest absolute Gasteiger partial charge is 0.504 e. The minimum Gasteiger partial charge on any atom is -0.504 e. The molecule has 26 heavy (non-hydrogen) atoms. The van der Waals surface area contributed by atoms with Crippen molar-refractivity contribution in [2.45, 2.75) is 12.2 Å². The molecule has 0 fully saturated rings. The van der Waals surface area contributed by atoms with Gasteiger partial charge in [0.1, 0.15) is 33.6 Å². The Hall–Kier alpha value is -3.35. The molecule has 0 bridgehead atoms. The van der Waals surface area contributed by atoms with E-state index in [1.807, 2.05) is 6.08 Å². The van der Waals surface area contributed by atoms with E-state index in [0.29, 0.717) is 28.4 Å². The topological polar surface area (TPSA) is 87.4 Å². The van der Waals surface area contributed by atoms with Gasteiger partial charge in [0.2, 0.25) is 5.43 Å². The van der Waals surface area contributed by atoms with Crippen LogP contribution < -0.4 is 19.6 Å². The average molecular weight is 354 g/mol. The van der Waals surface area contributed by atoms with Gasteiger partial charge in [0.25, 0.3) is 6.29 Å². The Kier molecular flexibility index (Phi) is 2.92. The number of phenolic OH excluding ortho intramolecular Hbond substituents is 1. The molecule has 2 atom stereocenters. The summed E-state index contributed by atoms with van der Waals surface area (Å²) in [6, 6.07) is 4.60. The molecule has 7 heteroatoms. The maximum Gasteiger partial charge on any atom is 0.250 e. The Bertz CT molecular complexity index is 1160. The quantitative estimate of drug-likeness (QED) is 0.708. The van der Waals surface area contributed by atoms with E-state index in [1.54, 1.807) is 12.3 Å². The predicted molar refractivity (Wildman–Crippen MR) is 92.1 cm³/mol. The molecule has 2 aliphatic rings. The molecule has 2 aliphatic heterocycles. The molecule has 0 amide bonds. The first-order valence-corrected chi connectivity index (χ1v) is 8.00. The van der Waals surface area contributed by atoms with E-state index in [-0.39, 0.29) is 33.5 Å². The van der Waals surface area contributed by atoms with Crippen LogP contribution in [0, 0.1) is 0 Å². The van der Waals surface area contributed by atoms with Crippen molar-refractivity contribution in [3.63, 3.8) is 0 Å². The number of rotatable bonds is 2. The lowest BCUT2D eigenvalue weighted by atomic mass is 9.97. The third-order valence-electron chi connectivity index (χ3n) is 4.81. The van der Waals surface area contributed by atoms with E-state index in [2.05, 4.69) is 0 Å². The number of hydrogen-bond donors (Lipinski definition) is 1. The van der Waals surface area contributed by atoms with Crippen molar-refractivity contribution in [3.8, 4) is 23.0 Å². The van der Waals surface area contributed by atoms with Crippen LogP contribution in [-0.4, -0.2) is 25.6 Å². The molecule has 0 unspecified atom stereocenters. The summed E-state index contributed by atoms with van der Waals surface area (Å²) in [6.07, 6.45) is 2.91. The lowest BCUT2D eigenvalue weighted by molar-refractivity contribution is -0.00484. The minimum absolute atomic E-state index is 0.0589. The zero-order chi connectivity index (χ0) is 18.0. The molecule has 5 rings (SSSR count). The fourth-order valence-electron chi connectivity index (χ4n) is 3.63. The monoisotopic (exact) mass is 354 g/mol. The SMILES string of the molecule is COc1ccc(O)c2oc3c4c(cc(OC)c3c(=O)c12)O[C@H]1OC=C[C@@H]41. The first kappa shape index (κ1) is 14.9. The number of phenols is 1. The average Bonchev–Trinajstić information content (AvgIpc) is 3.22. The third kappa shape index (κ3) is 1.74. The zero-order valence-corrected chi connectivity index (χ0v) is 13.9. The zero-order valence-electron chi connectivity index (χ0n) is 13.9. The number of aromatic hydroxyl groups is 1. The van der Waals surface area contributed by atoms with Crippen LogP contribution in [0.5, 0.6) is 23.0 Å². The summed E-state index contributed by atoms with van der Waals surface area (Å²) in [5, 5.41) is 10.7. The first-order valence-electron chi connectivity index (χ1n) is 8.00. The van der Waals surface area contributed by atoms with Crippen LogP contribution in [0.2, 0.25) is 0 Å². The van der Waals surface area contributed by atoms with Gasteiger partial charge in [-0.1, -0.05) is 0 Å². The highest BCUT2D eigenvalue weighted by Gasteiger charge is 2.41. The van der Waals surface area contributed by atoms with E-state index in [4.69, 9.17) is 23.4 Å². The van der Waals surface area contributed by atoms with Crippen molar-refractivity contribution < 1.29 is 28.5 Å². The van der Waals surface area contributed by atoms with Crippen LogP contribution in [0.3, 0.4) is 0 Å².